The molecule has 0 aliphatic carbocycles. The van der Waals surface area contributed by atoms with Crippen molar-refractivity contribution in [2.24, 2.45) is 0 Å². The second kappa shape index (κ2) is 20.9. The van der Waals surface area contributed by atoms with Crippen LogP contribution in [0.15, 0.2) is 36.5 Å². The smallest absolute Gasteiger partial charge is 0.305 e. The van der Waals surface area contributed by atoms with Gasteiger partial charge in [0.05, 0.1) is 27.7 Å². The zero-order valence-corrected chi connectivity index (χ0v) is 23.1. The van der Waals surface area contributed by atoms with Crippen molar-refractivity contribution in [3.05, 3.63) is 36.5 Å². The summed E-state index contributed by atoms with van der Waals surface area (Å²) >= 11 is 0. The standard InChI is InChI=1S/C26H48NO7P/c1-5-6-7-8-9-10-11-12-13-14-15-16-17-18-19-20-26(29)32-23-25(28)24-34-35(30,31)33-22-21-27(2,3)4/h9-10,12-13,15-16,25,28H,5-8,11,14,17-24H2,1-4H3/b10-9-,13-12-,16-15-/t25-/m1/s1. The molecule has 0 rings (SSSR count). The van der Waals surface area contributed by atoms with E-state index < -0.39 is 26.5 Å². The van der Waals surface area contributed by atoms with Crippen molar-refractivity contribution >= 4 is 13.8 Å². The summed E-state index contributed by atoms with van der Waals surface area (Å²) in [6.45, 7) is 1.84. The minimum Gasteiger partial charge on any atom is -0.756 e. The van der Waals surface area contributed by atoms with Crippen molar-refractivity contribution in [2.45, 2.75) is 77.2 Å². The Labute approximate surface area is 212 Å². The first-order valence-electron chi connectivity index (χ1n) is 12.7. The maximum absolute atomic E-state index is 11.8. The van der Waals surface area contributed by atoms with E-state index in [4.69, 9.17) is 9.26 Å². The van der Waals surface area contributed by atoms with Crippen molar-refractivity contribution in [3.8, 4) is 0 Å². The van der Waals surface area contributed by atoms with E-state index in [1.807, 2.05) is 21.1 Å². The third kappa shape index (κ3) is 25.6. The molecule has 0 aromatic carbocycles. The molecule has 0 heterocycles. The van der Waals surface area contributed by atoms with E-state index in [1.165, 1.54) is 25.7 Å². The fourth-order valence-electron chi connectivity index (χ4n) is 2.77. The zero-order valence-electron chi connectivity index (χ0n) is 22.2. The number of phosphoric ester groups is 1. The van der Waals surface area contributed by atoms with E-state index in [-0.39, 0.29) is 19.6 Å². The number of ether oxygens (including phenoxy) is 1. The first kappa shape index (κ1) is 33.7. The molecule has 8 nitrogen and oxygen atoms in total. The van der Waals surface area contributed by atoms with Gasteiger partial charge in [0.2, 0.25) is 0 Å². The van der Waals surface area contributed by atoms with E-state index in [0.29, 0.717) is 17.4 Å². The minimum atomic E-state index is -4.50. The van der Waals surface area contributed by atoms with Crippen LogP contribution in [0, 0.1) is 0 Å². The Hall–Kier alpha value is -1.28. The maximum Gasteiger partial charge on any atom is 0.305 e. The van der Waals surface area contributed by atoms with Crippen molar-refractivity contribution in [1.29, 1.82) is 0 Å². The van der Waals surface area contributed by atoms with E-state index in [0.717, 1.165) is 25.7 Å². The average Bonchev–Trinajstić information content (AvgIpc) is 2.78. The van der Waals surface area contributed by atoms with Crippen LogP contribution in [0.4, 0.5) is 0 Å². The predicted octanol–water partition coefficient (Wildman–Crippen LogP) is 4.69. The molecule has 0 aliphatic heterocycles. The van der Waals surface area contributed by atoms with Gasteiger partial charge in [0.25, 0.3) is 7.82 Å². The highest BCUT2D eigenvalue weighted by Gasteiger charge is 2.16. The number of rotatable bonds is 22. The number of aliphatic hydroxyl groups is 1. The minimum absolute atomic E-state index is 0.0158. The molecular formula is C26H48NO7P. The van der Waals surface area contributed by atoms with Gasteiger partial charge >= 0.3 is 5.97 Å². The average molecular weight is 518 g/mol. The number of aliphatic hydroxyl groups excluding tert-OH is 1. The fraction of sp³-hybridized carbons (Fsp3) is 0.731. The second-order valence-electron chi connectivity index (χ2n) is 9.55. The number of unbranched alkanes of at least 4 members (excludes halogenated alkanes) is 5. The van der Waals surface area contributed by atoms with Gasteiger partial charge in [-0.25, -0.2) is 0 Å². The number of quaternary nitrogens is 1. The maximum atomic E-state index is 11.8. The van der Waals surface area contributed by atoms with E-state index in [9.17, 15) is 19.4 Å². The molecule has 0 aromatic heterocycles. The lowest BCUT2D eigenvalue weighted by Crippen LogP contribution is -2.37. The summed E-state index contributed by atoms with van der Waals surface area (Å²) < 4.78 is 26.6. The third-order valence-electron chi connectivity index (χ3n) is 4.89. The van der Waals surface area contributed by atoms with Crippen LogP contribution in [-0.4, -0.2) is 69.2 Å². The van der Waals surface area contributed by atoms with Gasteiger partial charge in [0, 0.05) is 6.42 Å². The van der Waals surface area contributed by atoms with E-state index in [2.05, 4.69) is 47.9 Å². The molecule has 0 bridgehead atoms. The Morgan fingerprint density at radius 1 is 0.914 bits per heavy atom. The molecule has 0 radical (unpaired) electrons. The van der Waals surface area contributed by atoms with Crippen LogP contribution in [0.2, 0.25) is 0 Å². The largest absolute Gasteiger partial charge is 0.756 e. The molecule has 9 heteroatoms. The molecule has 35 heavy (non-hydrogen) atoms. The van der Waals surface area contributed by atoms with Crippen LogP contribution in [0.1, 0.15) is 71.1 Å². The number of esters is 1. The molecule has 0 saturated carbocycles. The molecule has 0 amide bonds. The molecule has 204 valence electrons. The number of allylic oxidation sites excluding steroid dienone is 6. The van der Waals surface area contributed by atoms with Gasteiger partial charge in [-0.05, 0) is 44.9 Å². The lowest BCUT2D eigenvalue weighted by atomic mass is 10.1. The van der Waals surface area contributed by atoms with Gasteiger partial charge in [-0.15, -0.1) is 0 Å². The number of phosphoric acid groups is 1. The summed E-state index contributed by atoms with van der Waals surface area (Å²) in [5, 5.41) is 9.78. The zero-order chi connectivity index (χ0) is 26.4. The van der Waals surface area contributed by atoms with E-state index >= 15 is 0 Å². The molecular weight excluding hydrogens is 469 g/mol. The van der Waals surface area contributed by atoms with Crippen LogP contribution in [0.25, 0.3) is 0 Å². The van der Waals surface area contributed by atoms with Gasteiger partial charge in [-0.3, -0.25) is 9.36 Å². The van der Waals surface area contributed by atoms with Gasteiger partial charge in [0.15, 0.2) is 0 Å². The van der Waals surface area contributed by atoms with Crippen LogP contribution < -0.4 is 4.89 Å². The van der Waals surface area contributed by atoms with Gasteiger partial charge < -0.3 is 28.3 Å². The number of likely N-dealkylation sites (N-methyl/N-ethyl adjacent to an activating group) is 1. The summed E-state index contributed by atoms with van der Waals surface area (Å²) in [6, 6.07) is 0. The SMILES string of the molecule is CCCCC/C=C\C/C=C\C/C=C\CCCCC(=O)OC[C@@H](O)COP(=O)([O-])OCC[N+](C)(C)C. The third-order valence-corrected chi connectivity index (χ3v) is 5.86. The van der Waals surface area contributed by atoms with Crippen LogP contribution >= 0.6 is 7.82 Å². The van der Waals surface area contributed by atoms with Crippen molar-refractivity contribution in [3.63, 3.8) is 0 Å². The van der Waals surface area contributed by atoms with Gasteiger partial charge in [-0.2, -0.15) is 0 Å². The quantitative estimate of drug-likeness (QED) is 0.0730. The van der Waals surface area contributed by atoms with E-state index in [1.54, 1.807) is 0 Å². The summed E-state index contributed by atoms with van der Waals surface area (Å²) in [5.74, 6) is -0.428. The number of hydrogen-bond donors (Lipinski definition) is 1. The Kier molecular flexibility index (Phi) is 20.1. The molecule has 0 saturated heterocycles. The number of hydrogen-bond acceptors (Lipinski definition) is 7. The number of carbonyl (C=O) groups is 1. The first-order chi connectivity index (χ1) is 16.6. The second-order valence-corrected chi connectivity index (χ2v) is 11.0. The van der Waals surface area contributed by atoms with Gasteiger partial charge in [-0.1, -0.05) is 56.2 Å². The van der Waals surface area contributed by atoms with Crippen molar-refractivity contribution in [1.82, 2.24) is 0 Å². The topological polar surface area (TPSA) is 105 Å². The van der Waals surface area contributed by atoms with Crippen LogP contribution in [0.5, 0.6) is 0 Å². The lowest BCUT2D eigenvalue weighted by molar-refractivity contribution is -0.870. The Balaban J connectivity index is 3.73. The van der Waals surface area contributed by atoms with Crippen LogP contribution in [0.3, 0.4) is 0 Å². The molecule has 0 spiro atoms. The van der Waals surface area contributed by atoms with Crippen molar-refractivity contribution in [2.75, 3.05) is 47.5 Å². The van der Waals surface area contributed by atoms with Crippen LogP contribution in [-0.2, 0) is 23.1 Å². The molecule has 2 atom stereocenters. The monoisotopic (exact) mass is 517 g/mol. The predicted molar refractivity (Wildman–Crippen MR) is 139 cm³/mol. The fourth-order valence-corrected chi connectivity index (χ4v) is 3.51. The summed E-state index contributed by atoms with van der Waals surface area (Å²) in [5.41, 5.74) is 0. The number of nitrogens with zero attached hydrogens (tertiary/aromatic N) is 1. The highest BCUT2D eigenvalue weighted by atomic mass is 31.2. The normalized spacial score (nSPS) is 15.3. The summed E-state index contributed by atoms with van der Waals surface area (Å²) in [4.78, 5) is 23.4. The Morgan fingerprint density at radius 2 is 1.49 bits per heavy atom. The summed E-state index contributed by atoms with van der Waals surface area (Å²) in [6.07, 6.45) is 21.4. The molecule has 1 N–H and O–H groups in total. The molecule has 0 fully saturated rings. The van der Waals surface area contributed by atoms with Gasteiger partial charge in [0.1, 0.15) is 25.9 Å². The number of carbonyl (C=O) groups excluding carboxylic acids is 1. The Bertz CT molecular complexity index is 671. The first-order valence-corrected chi connectivity index (χ1v) is 14.2. The lowest BCUT2D eigenvalue weighted by Gasteiger charge is -2.27. The highest BCUT2D eigenvalue weighted by molar-refractivity contribution is 7.45. The summed E-state index contributed by atoms with van der Waals surface area (Å²) in [7, 11) is 1.22. The Morgan fingerprint density at radius 3 is 2.06 bits per heavy atom. The van der Waals surface area contributed by atoms with Crippen molar-refractivity contribution < 1.29 is 37.6 Å². The molecule has 1 unspecified atom stereocenters. The molecule has 0 aromatic rings. The molecule has 0 aliphatic rings. The highest BCUT2D eigenvalue weighted by Crippen LogP contribution is 2.38.